The van der Waals surface area contributed by atoms with Gasteiger partial charge in [-0.05, 0) is 25.5 Å². The van der Waals surface area contributed by atoms with Crippen molar-refractivity contribution < 1.29 is 0 Å². The number of nitrogens with one attached hydrogen (secondary N) is 1. The second-order valence-corrected chi connectivity index (χ2v) is 5.70. The zero-order chi connectivity index (χ0) is 15.5. The fourth-order valence-corrected chi connectivity index (χ4v) is 3.06. The molecule has 3 aromatic rings. The molecule has 1 saturated heterocycles. The van der Waals surface area contributed by atoms with E-state index < -0.39 is 0 Å². The fourth-order valence-electron chi connectivity index (χ4n) is 3.06. The van der Waals surface area contributed by atoms with Crippen molar-refractivity contribution in [2.75, 3.05) is 6.54 Å². The molecular weight excluding hydrogens is 288 g/mol. The highest BCUT2D eigenvalue weighted by atomic mass is 15.3. The van der Waals surface area contributed by atoms with Crippen LogP contribution in [0.5, 0.6) is 0 Å². The summed E-state index contributed by atoms with van der Waals surface area (Å²) in [5.74, 6) is 2.53. The summed E-state index contributed by atoms with van der Waals surface area (Å²) in [6, 6.07) is 12.1. The Hall–Kier alpha value is -2.60. The van der Waals surface area contributed by atoms with Gasteiger partial charge in [-0.1, -0.05) is 30.3 Å². The van der Waals surface area contributed by atoms with E-state index in [2.05, 4.69) is 25.1 Å². The summed E-state index contributed by atoms with van der Waals surface area (Å²) in [6.45, 7) is 1.77. The highest BCUT2D eigenvalue weighted by molar-refractivity contribution is 5.53. The Balaban J connectivity index is 1.54. The number of aromatic amines is 1. The topological polar surface area (TPSA) is 70.6 Å². The molecule has 4 rings (SSSR count). The van der Waals surface area contributed by atoms with Crippen molar-refractivity contribution in [3.05, 3.63) is 60.4 Å². The number of likely N-dealkylation sites (tertiary alicyclic amines) is 1. The predicted molar refractivity (Wildman–Crippen MR) is 86.2 cm³/mol. The quantitative estimate of drug-likeness (QED) is 0.802. The third-order valence-corrected chi connectivity index (χ3v) is 4.18. The highest BCUT2D eigenvalue weighted by Crippen LogP contribution is 2.31. The Bertz CT molecular complexity index is 755. The minimum Gasteiger partial charge on any atom is -0.286 e. The van der Waals surface area contributed by atoms with E-state index in [4.69, 9.17) is 4.98 Å². The molecule has 1 N–H and O–H groups in total. The van der Waals surface area contributed by atoms with Gasteiger partial charge < -0.3 is 0 Å². The number of H-pyrrole nitrogens is 1. The third kappa shape index (κ3) is 2.98. The molecule has 0 saturated carbocycles. The molecule has 1 aromatic carbocycles. The molecule has 1 unspecified atom stereocenters. The summed E-state index contributed by atoms with van der Waals surface area (Å²) in [7, 11) is 0. The molecule has 0 aliphatic carbocycles. The summed E-state index contributed by atoms with van der Waals surface area (Å²) >= 11 is 0. The van der Waals surface area contributed by atoms with Gasteiger partial charge in [-0.2, -0.15) is 5.10 Å². The van der Waals surface area contributed by atoms with Crippen molar-refractivity contribution in [2.45, 2.75) is 25.4 Å². The molecule has 0 radical (unpaired) electrons. The number of hydrogen-bond acceptors (Lipinski definition) is 5. The number of nitrogens with zero attached hydrogens (tertiary/aromatic N) is 5. The Morgan fingerprint density at radius 1 is 1.09 bits per heavy atom. The van der Waals surface area contributed by atoms with Crippen LogP contribution in [0.3, 0.4) is 0 Å². The second-order valence-electron chi connectivity index (χ2n) is 5.70. The van der Waals surface area contributed by atoms with Gasteiger partial charge in [0.05, 0.1) is 12.6 Å². The summed E-state index contributed by atoms with van der Waals surface area (Å²) in [6.07, 6.45) is 5.81. The smallest absolute Gasteiger partial charge is 0.181 e. The van der Waals surface area contributed by atoms with Gasteiger partial charge in [0, 0.05) is 18.0 Å². The third-order valence-electron chi connectivity index (χ3n) is 4.18. The summed E-state index contributed by atoms with van der Waals surface area (Å²) in [5.41, 5.74) is 1.03. The normalized spacial score (nSPS) is 18.3. The first-order valence-electron chi connectivity index (χ1n) is 7.88. The summed E-state index contributed by atoms with van der Waals surface area (Å²) in [5, 5.41) is 7.50. The van der Waals surface area contributed by atoms with Gasteiger partial charge >= 0.3 is 0 Å². The lowest BCUT2D eigenvalue weighted by atomic mass is 10.2. The maximum atomic E-state index is 4.71. The first-order chi connectivity index (χ1) is 11.4. The van der Waals surface area contributed by atoms with E-state index in [1.165, 1.54) is 0 Å². The van der Waals surface area contributed by atoms with Crippen LogP contribution in [-0.2, 0) is 6.54 Å². The fraction of sp³-hybridized carbons (Fsp3) is 0.294. The Morgan fingerprint density at radius 3 is 2.74 bits per heavy atom. The zero-order valence-corrected chi connectivity index (χ0v) is 12.8. The average Bonchev–Trinajstić information content (AvgIpc) is 3.25. The van der Waals surface area contributed by atoms with Gasteiger partial charge in [-0.15, -0.1) is 0 Å². The van der Waals surface area contributed by atoms with Crippen LogP contribution < -0.4 is 0 Å². The number of rotatable bonds is 4. The van der Waals surface area contributed by atoms with Crippen LogP contribution in [0.25, 0.3) is 11.4 Å². The molecule has 0 bridgehead atoms. The van der Waals surface area contributed by atoms with Crippen molar-refractivity contribution in [1.29, 1.82) is 0 Å². The molecule has 116 valence electrons. The van der Waals surface area contributed by atoms with Crippen molar-refractivity contribution in [3.63, 3.8) is 0 Å². The molecule has 1 aliphatic rings. The van der Waals surface area contributed by atoms with Crippen molar-refractivity contribution in [2.24, 2.45) is 0 Å². The standard InChI is InChI=1S/C17H18N6/c1-2-6-13(7-3-1)16-20-17(22-21-16)14-8-4-11-23(14)12-15-18-9-5-10-19-15/h1-3,5-7,9-10,14H,4,8,11-12H2,(H,20,21,22). The molecule has 0 spiro atoms. The lowest BCUT2D eigenvalue weighted by molar-refractivity contribution is 0.234. The molecule has 1 fully saturated rings. The van der Waals surface area contributed by atoms with Crippen LogP contribution in [0.2, 0.25) is 0 Å². The van der Waals surface area contributed by atoms with Gasteiger partial charge in [-0.3, -0.25) is 10.00 Å². The lowest BCUT2D eigenvalue weighted by Gasteiger charge is -2.21. The van der Waals surface area contributed by atoms with Crippen LogP contribution in [0, 0.1) is 0 Å². The largest absolute Gasteiger partial charge is 0.286 e. The average molecular weight is 306 g/mol. The van der Waals surface area contributed by atoms with Crippen molar-refractivity contribution in [3.8, 4) is 11.4 Å². The molecule has 1 atom stereocenters. The first kappa shape index (κ1) is 14.0. The molecule has 0 amide bonds. The minimum absolute atomic E-state index is 0.253. The van der Waals surface area contributed by atoms with E-state index in [0.29, 0.717) is 0 Å². The maximum absolute atomic E-state index is 4.71. The summed E-state index contributed by atoms with van der Waals surface area (Å²) < 4.78 is 0. The van der Waals surface area contributed by atoms with E-state index in [-0.39, 0.29) is 6.04 Å². The Kier molecular flexibility index (Phi) is 3.81. The second kappa shape index (κ2) is 6.26. The SMILES string of the molecule is c1ccc(-c2n[nH]c(C3CCCN3Cc3ncccn3)n2)cc1. The molecule has 6 heteroatoms. The van der Waals surface area contributed by atoms with E-state index >= 15 is 0 Å². The van der Waals surface area contributed by atoms with E-state index in [9.17, 15) is 0 Å². The Morgan fingerprint density at radius 2 is 1.91 bits per heavy atom. The number of hydrogen-bond donors (Lipinski definition) is 1. The molecule has 3 heterocycles. The lowest BCUT2D eigenvalue weighted by Crippen LogP contribution is -2.24. The summed E-state index contributed by atoms with van der Waals surface area (Å²) in [4.78, 5) is 15.7. The van der Waals surface area contributed by atoms with E-state index in [0.717, 1.165) is 49.0 Å². The van der Waals surface area contributed by atoms with Gasteiger partial charge in [0.15, 0.2) is 5.82 Å². The van der Waals surface area contributed by atoms with E-state index in [1.807, 2.05) is 36.4 Å². The Labute approximate surface area is 134 Å². The molecule has 1 aliphatic heterocycles. The van der Waals surface area contributed by atoms with Crippen LogP contribution in [-0.4, -0.2) is 36.6 Å². The van der Waals surface area contributed by atoms with Gasteiger partial charge in [0.2, 0.25) is 0 Å². The van der Waals surface area contributed by atoms with Crippen LogP contribution in [0.4, 0.5) is 0 Å². The molecule has 23 heavy (non-hydrogen) atoms. The van der Waals surface area contributed by atoms with Gasteiger partial charge in [-0.25, -0.2) is 15.0 Å². The maximum Gasteiger partial charge on any atom is 0.181 e. The van der Waals surface area contributed by atoms with Crippen molar-refractivity contribution in [1.82, 2.24) is 30.0 Å². The predicted octanol–water partition coefficient (Wildman–Crippen LogP) is 2.60. The van der Waals surface area contributed by atoms with Crippen LogP contribution in [0.15, 0.2) is 48.8 Å². The van der Waals surface area contributed by atoms with Crippen LogP contribution >= 0.6 is 0 Å². The molecule has 2 aromatic heterocycles. The monoisotopic (exact) mass is 306 g/mol. The molecule has 6 nitrogen and oxygen atoms in total. The number of benzene rings is 1. The zero-order valence-electron chi connectivity index (χ0n) is 12.8. The highest BCUT2D eigenvalue weighted by Gasteiger charge is 2.29. The van der Waals surface area contributed by atoms with E-state index in [1.54, 1.807) is 12.4 Å². The van der Waals surface area contributed by atoms with Gasteiger partial charge in [0.1, 0.15) is 11.6 Å². The first-order valence-corrected chi connectivity index (χ1v) is 7.88. The molecular formula is C17H18N6. The van der Waals surface area contributed by atoms with Crippen LogP contribution in [0.1, 0.15) is 30.5 Å². The minimum atomic E-state index is 0.253. The van der Waals surface area contributed by atoms with Gasteiger partial charge in [0.25, 0.3) is 0 Å². The number of aromatic nitrogens is 5. The van der Waals surface area contributed by atoms with Crippen molar-refractivity contribution >= 4 is 0 Å².